The molecule has 0 unspecified atom stereocenters. The Morgan fingerprint density at radius 1 is 1.14 bits per heavy atom. The molecule has 0 radical (unpaired) electrons. The van der Waals surface area contributed by atoms with E-state index >= 15 is 0 Å². The smallest absolute Gasteiger partial charge is 0.228 e. The first-order chi connectivity index (χ1) is 10.0. The van der Waals surface area contributed by atoms with Crippen molar-refractivity contribution in [2.45, 2.75) is 33.6 Å². The molecule has 0 fully saturated rings. The summed E-state index contributed by atoms with van der Waals surface area (Å²) < 4.78 is 0. The summed E-state index contributed by atoms with van der Waals surface area (Å²) >= 11 is 6.08. The van der Waals surface area contributed by atoms with E-state index in [0.29, 0.717) is 5.02 Å². The second-order valence-corrected chi connectivity index (χ2v) is 5.67. The van der Waals surface area contributed by atoms with Crippen LogP contribution in [0.2, 0.25) is 5.02 Å². The highest BCUT2D eigenvalue weighted by atomic mass is 35.5. The van der Waals surface area contributed by atoms with Gasteiger partial charge < -0.3 is 5.32 Å². The molecule has 0 saturated heterocycles. The van der Waals surface area contributed by atoms with Crippen LogP contribution in [0.25, 0.3) is 0 Å². The molecule has 0 saturated carbocycles. The molecule has 0 aliphatic carbocycles. The number of halogens is 1. The Hall–Kier alpha value is -1.80. The predicted molar refractivity (Wildman–Crippen MR) is 89.1 cm³/mol. The first-order valence-electron chi connectivity index (χ1n) is 7.14. The summed E-state index contributed by atoms with van der Waals surface area (Å²) in [6, 6.07) is 11.5. The molecule has 0 atom stereocenters. The predicted octanol–water partition coefficient (Wildman–Crippen LogP) is 4.70. The fourth-order valence-electron chi connectivity index (χ4n) is 2.64. The van der Waals surface area contributed by atoms with Gasteiger partial charge in [0.2, 0.25) is 5.91 Å². The van der Waals surface area contributed by atoms with Crippen molar-refractivity contribution in [3.63, 3.8) is 0 Å². The molecule has 1 amide bonds. The van der Waals surface area contributed by atoms with Gasteiger partial charge in [-0.15, -0.1) is 0 Å². The molecule has 0 aromatic heterocycles. The molecule has 0 aliphatic rings. The summed E-state index contributed by atoms with van der Waals surface area (Å²) in [5.41, 5.74) is 5.46. The first kappa shape index (κ1) is 15.6. The van der Waals surface area contributed by atoms with Crippen LogP contribution in [0.3, 0.4) is 0 Å². The topological polar surface area (TPSA) is 29.1 Å². The number of carbonyl (C=O) groups is 1. The summed E-state index contributed by atoms with van der Waals surface area (Å²) in [5, 5.41) is 3.58. The van der Waals surface area contributed by atoms with Crippen molar-refractivity contribution in [3.05, 3.63) is 63.7 Å². The van der Waals surface area contributed by atoms with E-state index in [4.69, 9.17) is 11.6 Å². The van der Waals surface area contributed by atoms with Crippen molar-refractivity contribution >= 4 is 23.2 Å². The molecule has 1 N–H and O–H groups in total. The quantitative estimate of drug-likeness (QED) is 0.871. The second-order valence-electron chi connectivity index (χ2n) is 5.26. The Labute approximate surface area is 131 Å². The van der Waals surface area contributed by atoms with Crippen molar-refractivity contribution < 1.29 is 4.79 Å². The van der Waals surface area contributed by atoms with Gasteiger partial charge in [-0.25, -0.2) is 0 Å². The third kappa shape index (κ3) is 3.85. The van der Waals surface area contributed by atoms with Gasteiger partial charge in [0.05, 0.1) is 6.42 Å². The van der Waals surface area contributed by atoms with E-state index in [1.165, 1.54) is 16.7 Å². The van der Waals surface area contributed by atoms with Crippen LogP contribution in [0.5, 0.6) is 0 Å². The molecule has 110 valence electrons. The van der Waals surface area contributed by atoms with Crippen molar-refractivity contribution in [3.8, 4) is 0 Å². The minimum Gasteiger partial charge on any atom is -0.326 e. The minimum absolute atomic E-state index is 0.0499. The number of hydrogen-bond acceptors (Lipinski definition) is 1. The highest BCUT2D eigenvalue weighted by Crippen LogP contribution is 2.21. The van der Waals surface area contributed by atoms with Gasteiger partial charge in [0.1, 0.15) is 0 Å². The van der Waals surface area contributed by atoms with E-state index in [0.717, 1.165) is 17.7 Å². The van der Waals surface area contributed by atoms with Crippen molar-refractivity contribution in [2.75, 3.05) is 5.32 Å². The minimum atomic E-state index is -0.0499. The largest absolute Gasteiger partial charge is 0.326 e. The highest BCUT2D eigenvalue weighted by Gasteiger charge is 2.09. The third-order valence-electron chi connectivity index (χ3n) is 3.64. The molecule has 0 aliphatic heterocycles. The molecule has 0 heterocycles. The Bertz CT molecular complexity index is 641. The van der Waals surface area contributed by atoms with E-state index < -0.39 is 0 Å². The second kappa shape index (κ2) is 6.77. The van der Waals surface area contributed by atoms with Crippen LogP contribution in [0, 0.1) is 13.8 Å². The zero-order chi connectivity index (χ0) is 15.4. The highest BCUT2D eigenvalue weighted by molar-refractivity contribution is 6.31. The van der Waals surface area contributed by atoms with Crippen molar-refractivity contribution in [1.82, 2.24) is 0 Å². The van der Waals surface area contributed by atoms with Crippen LogP contribution < -0.4 is 5.32 Å². The molecular formula is C18H20ClNO. The Morgan fingerprint density at radius 2 is 1.76 bits per heavy atom. The van der Waals surface area contributed by atoms with Gasteiger partial charge in [-0.2, -0.15) is 0 Å². The van der Waals surface area contributed by atoms with Gasteiger partial charge in [0.25, 0.3) is 0 Å². The van der Waals surface area contributed by atoms with Gasteiger partial charge in [-0.05, 0) is 60.7 Å². The Kier molecular flexibility index (Phi) is 5.03. The number of carbonyl (C=O) groups excluding carboxylic acids is 1. The third-order valence-corrected chi connectivity index (χ3v) is 4.01. The fourth-order valence-corrected chi connectivity index (χ4v) is 2.85. The monoisotopic (exact) mass is 301 g/mol. The van der Waals surface area contributed by atoms with Crippen LogP contribution in [-0.2, 0) is 17.6 Å². The van der Waals surface area contributed by atoms with Crippen LogP contribution in [0.15, 0.2) is 36.4 Å². The lowest BCUT2D eigenvalue weighted by atomic mass is 9.99. The van der Waals surface area contributed by atoms with E-state index in [1.54, 1.807) is 6.07 Å². The number of aryl methyl sites for hydroxylation is 2. The van der Waals surface area contributed by atoms with Gasteiger partial charge in [0.15, 0.2) is 0 Å². The maximum atomic E-state index is 12.1. The summed E-state index contributed by atoms with van der Waals surface area (Å²) in [7, 11) is 0. The number of benzene rings is 2. The first-order valence-corrected chi connectivity index (χ1v) is 7.52. The summed E-state index contributed by atoms with van der Waals surface area (Å²) in [6.07, 6.45) is 1.29. The van der Waals surface area contributed by atoms with Crippen LogP contribution in [-0.4, -0.2) is 5.91 Å². The summed E-state index contributed by atoms with van der Waals surface area (Å²) in [6.45, 7) is 6.30. The average molecular weight is 302 g/mol. The molecule has 0 bridgehead atoms. The lowest BCUT2D eigenvalue weighted by Gasteiger charge is -2.12. The number of hydrogen-bond donors (Lipinski definition) is 1. The number of anilines is 1. The lowest BCUT2D eigenvalue weighted by molar-refractivity contribution is -0.115. The molecule has 2 nitrogen and oxygen atoms in total. The molecule has 2 rings (SSSR count). The Morgan fingerprint density at radius 3 is 2.33 bits per heavy atom. The maximum absolute atomic E-state index is 12.1. The SMILES string of the molecule is CCc1c(C)cc(NC(=O)Cc2ccccc2Cl)cc1C. The summed E-state index contributed by atoms with van der Waals surface area (Å²) in [4.78, 5) is 12.1. The van der Waals surface area contributed by atoms with Crippen molar-refractivity contribution in [1.29, 1.82) is 0 Å². The normalized spacial score (nSPS) is 10.5. The number of nitrogens with one attached hydrogen (secondary N) is 1. The van der Waals surface area contributed by atoms with E-state index in [-0.39, 0.29) is 12.3 Å². The number of rotatable bonds is 4. The fraction of sp³-hybridized carbons (Fsp3) is 0.278. The lowest BCUT2D eigenvalue weighted by Crippen LogP contribution is -2.15. The Balaban J connectivity index is 2.12. The molecule has 2 aromatic rings. The molecular weight excluding hydrogens is 282 g/mol. The molecule has 21 heavy (non-hydrogen) atoms. The van der Waals surface area contributed by atoms with E-state index in [9.17, 15) is 4.79 Å². The molecule has 3 heteroatoms. The van der Waals surface area contributed by atoms with Crippen molar-refractivity contribution in [2.24, 2.45) is 0 Å². The summed E-state index contributed by atoms with van der Waals surface area (Å²) in [5.74, 6) is -0.0499. The standard InChI is InChI=1S/C18H20ClNO/c1-4-16-12(2)9-15(10-13(16)3)20-18(21)11-14-7-5-6-8-17(14)19/h5-10H,4,11H2,1-3H3,(H,20,21). The molecule has 0 spiro atoms. The van der Waals surface area contributed by atoms with Crippen LogP contribution in [0.1, 0.15) is 29.2 Å². The van der Waals surface area contributed by atoms with Gasteiger partial charge in [-0.1, -0.05) is 36.7 Å². The van der Waals surface area contributed by atoms with E-state index in [2.05, 4.69) is 26.1 Å². The van der Waals surface area contributed by atoms with Crippen LogP contribution >= 0.6 is 11.6 Å². The van der Waals surface area contributed by atoms with Crippen LogP contribution in [0.4, 0.5) is 5.69 Å². The zero-order valence-corrected chi connectivity index (χ0v) is 13.4. The zero-order valence-electron chi connectivity index (χ0n) is 12.7. The number of amides is 1. The van der Waals surface area contributed by atoms with Gasteiger partial charge >= 0.3 is 0 Å². The van der Waals surface area contributed by atoms with Gasteiger partial charge in [0, 0.05) is 10.7 Å². The average Bonchev–Trinajstić information content (AvgIpc) is 2.41. The van der Waals surface area contributed by atoms with E-state index in [1.807, 2.05) is 30.3 Å². The molecule has 2 aromatic carbocycles. The van der Waals surface area contributed by atoms with Gasteiger partial charge in [-0.3, -0.25) is 4.79 Å². The maximum Gasteiger partial charge on any atom is 0.228 e.